The molecule has 0 radical (unpaired) electrons. The number of benzene rings is 1. The van der Waals surface area contributed by atoms with Crippen LogP contribution in [0.15, 0.2) is 55.6 Å². The number of nitrogens with zero attached hydrogens (tertiary/aromatic N) is 5. The van der Waals surface area contributed by atoms with Crippen molar-refractivity contribution < 1.29 is 14.7 Å². The second-order valence-electron chi connectivity index (χ2n) is 11.4. The van der Waals surface area contributed by atoms with E-state index in [0.29, 0.717) is 23.8 Å². The van der Waals surface area contributed by atoms with Crippen molar-refractivity contribution in [2.24, 2.45) is 26.2 Å². The molecule has 10 heteroatoms. The highest BCUT2D eigenvalue weighted by molar-refractivity contribution is 9.10. The van der Waals surface area contributed by atoms with Crippen molar-refractivity contribution in [2.75, 3.05) is 13.2 Å². The van der Waals surface area contributed by atoms with E-state index in [2.05, 4.69) is 57.0 Å². The van der Waals surface area contributed by atoms with Crippen molar-refractivity contribution in [2.45, 2.75) is 59.7 Å². The zero-order chi connectivity index (χ0) is 26.4. The number of rotatable bonds is 7. The molecule has 3 aromatic rings. The number of fused-ring (bicyclic) bond motifs is 3. The first kappa shape index (κ1) is 26.1. The molecule has 2 unspecified atom stereocenters. The van der Waals surface area contributed by atoms with Gasteiger partial charge in [-0.2, -0.15) is 0 Å². The van der Waals surface area contributed by atoms with E-state index in [0.717, 1.165) is 33.2 Å². The van der Waals surface area contributed by atoms with Crippen LogP contribution in [0.4, 0.5) is 5.69 Å². The first-order valence-corrected chi connectivity index (χ1v) is 14.1. The van der Waals surface area contributed by atoms with E-state index in [-0.39, 0.29) is 23.6 Å². The van der Waals surface area contributed by atoms with Gasteiger partial charge in [-0.3, -0.25) is 14.3 Å². The van der Waals surface area contributed by atoms with Crippen LogP contribution in [0.5, 0.6) is 5.88 Å². The number of likely N-dealkylation sites (tertiary alicyclic amines) is 1. The van der Waals surface area contributed by atoms with Crippen LogP contribution >= 0.6 is 27.3 Å². The van der Waals surface area contributed by atoms with Crippen LogP contribution in [-0.2, 0) is 16.3 Å². The number of hydrogen-bond acceptors (Lipinski definition) is 7. The number of azo groups is 1. The highest BCUT2D eigenvalue weighted by Gasteiger charge is 2.49. The zero-order valence-electron chi connectivity index (χ0n) is 21.6. The average Bonchev–Trinajstić information content (AvgIpc) is 3.49. The van der Waals surface area contributed by atoms with Crippen molar-refractivity contribution in [3.05, 3.63) is 45.1 Å². The van der Waals surface area contributed by atoms with E-state index in [4.69, 9.17) is 4.84 Å². The van der Waals surface area contributed by atoms with E-state index < -0.39 is 5.91 Å². The summed E-state index contributed by atoms with van der Waals surface area (Å²) in [5.74, 6) is -0.579. The zero-order valence-corrected chi connectivity index (χ0v) is 24.0. The molecule has 2 atom stereocenters. The Labute approximate surface area is 229 Å². The summed E-state index contributed by atoms with van der Waals surface area (Å²) in [6, 6.07) is 10.1. The maximum absolute atomic E-state index is 12.3. The number of thiophene rings is 1. The van der Waals surface area contributed by atoms with Gasteiger partial charge in [0.1, 0.15) is 0 Å². The summed E-state index contributed by atoms with van der Waals surface area (Å²) in [5.41, 5.74) is 2.41. The quantitative estimate of drug-likeness (QED) is 0.182. The lowest BCUT2D eigenvalue weighted by Crippen LogP contribution is -2.35. The molecule has 196 valence electrons. The van der Waals surface area contributed by atoms with Crippen molar-refractivity contribution in [1.29, 1.82) is 0 Å². The van der Waals surface area contributed by atoms with Gasteiger partial charge in [0.25, 0.3) is 0 Å². The molecule has 8 nitrogen and oxygen atoms in total. The van der Waals surface area contributed by atoms with Crippen molar-refractivity contribution in [3.8, 4) is 5.88 Å². The molecule has 1 saturated heterocycles. The third-order valence-corrected chi connectivity index (χ3v) is 8.82. The Bertz CT molecular complexity index is 1380. The molecule has 1 aromatic carbocycles. The molecule has 1 amide bonds. The Hall–Kier alpha value is -2.56. The monoisotopic (exact) mass is 585 g/mol. The Morgan fingerprint density at radius 3 is 2.84 bits per heavy atom. The van der Waals surface area contributed by atoms with E-state index >= 15 is 0 Å². The molecule has 1 aliphatic heterocycles. The fourth-order valence-corrected chi connectivity index (χ4v) is 7.34. The Kier molecular flexibility index (Phi) is 7.02. The molecule has 5 rings (SSSR count). The van der Waals surface area contributed by atoms with Gasteiger partial charge in [0.05, 0.1) is 22.8 Å². The fraction of sp³-hybridized carbons (Fsp3) is 0.481. The largest absolute Gasteiger partial charge is 0.493 e. The number of carbonyl (C=O) groups excluding carboxylic acids is 1. The molecule has 1 aliphatic carbocycles. The third kappa shape index (κ3) is 5.51. The predicted octanol–water partition coefficient (Wildman–Crippen LogP) is 7.08. The van der Waals surface area contributed by atoms with Gasteiger partial charge < -0.3 is 9.94 Å². The summed E-state index contributed by atoms with van der Waals surface area (Å²) in [7, 11) is 0. The van der Waals surface area contributed by atoms with Gasteiger partial charge in [0.2, 0.25) is 5.88 Å². The number of hydrogen-bond donors (Lipinski definition) is 1. The molecule has 2 aromatic heterocycles. The van der Waals surface area contributed by atoms with Crippen LogP contribution in [0.1, 0.15) is 51.8 Å². The van der Waals surface area contributed by atoms with E-state index in [1.807, 2.05) is 47.2 Å². The lowest BCUT2D eigenvalue weighted by Gasteiger charge is -2.40. The molecular formula is C27H32BrN5O3S. The van der Waals surface area contributed by atoms with Gasteiger partial charge in [-0.05, 0) is 66.7 Å². The molecule has 2 fully saturated rings. The molecule has 37 heavy (non-hydrogen) atoms. The standard InChI is InChI=1S/C27H32BrN5O3S/c1-17(22-6-5-9-37-22)31-36-13-23(34)29-30-24-20-10-18(28)7-8-21(20)33(25(24)35)16-32-15-27(4)12-19(32)11-26(2,3)14-27/h5-10,19,35H,11-16H2,1-4H3. The molecule has 2 bridgehead atoms. The lowest BCUT2D eigenvalue weighted by molar-refractivity contribution is -0.122. The fourth-order valence-electron chi connectivity index (χ4n) is 6.31. The average molecular weight is 587 g/mol. The summed E-state index contributed by atoms with van der Waals surface area (Å²) in [6.07, 6.45) is 3.53. The number of oxime groups is 1. The summed E-state index contributed by atoms with van der Waals surface area (Å²) >= 11 is 5.06. The summed E-state index contributed by atoms with van der Waals surface area (Å²) in [4.78, 5) is 21.0. The van der Waals surface area contributed by atoms with Crippen LogP contribution in [0.2, 0.25) is 0 Å². The summed E-state index contributed by atoms with van der Waals surface area (Å²) in [5, 5.41) is 25.9. The topological polar surface area (TPSA) is 91.8 Å². The van der Waals surface area contributed by atoms with Crippen LogP contribution in [0, 0.1) is 10.8 Å². The van der Waals surface area contributed by atoms with E-state index in [1.54, 1.807) is 11.3 Å². The van der Waals surface area contributed by atoms with E-state index in [1.165, 1.54) is 12.8 Å². The predicted molar refractivity (Wildman–Crippen MR) is 150 cm³/mol. The van der Waals surface area contributed by atoms with Gasteiger partial charge in [-0.25, -0.2) is 0 Å². The van der Waals surface area contributed by atoms with Crippen molar-refractivity contribution in [1.82, 2.24) is 9.47 Å². The number of aromatic nitrogens is 1. The Balaban J connectivity index is 1.35. The van der Waals surface area contributed by atoms with Crippen molar-refractivity contribution >= 4 is 55.5 Å². The third-order valence-electron chi connectivity index (χ3n) is 7.35. The molecular weight excluding hydrogens is 554 g/mol. The second kappa shape index (κ2) is 9.96. The molecule has 2 aliphatic rings. The Morgan fingerprint density at radius 2 is 2.08 bits per heavy atom. The highest BCUT2D eigenvalue weighted by atomic mass is 79.9. The molecule has 0 spiro atoms. The molecule has 3 heterocycles. The number of amides is 1. The van der Waals surface area contributed by atoms with Crippen LogP contribution < -0.4 is 0 Å². The minimum atomic E-state index is -0.582. The van der Waals surface area contributed by atoms with E-state index in [9.17, 15) is 9.90 Å². The summed E-state index contributed by atoms with van der Waals surface area (Å²) in [6.45, 7) is 10.1. The highest BCUT2D eigenvalue weighted by Crippen LogP contribution is 2.53. The van der Waals surface area contributed by atoms with Crippen LogP contribution in [0.25, 0.3) is 10.9 Å². The SMILES string of the molecule is CC(=NOCC(=O)N=Nc1c(O)n(CN2CC3(C)CC2CC(C)(C)C3)c2ccc(Br)cc12)c1cccs1. The number of aromatic hydroxyl groups is 1. The lowest BCUT2D eigenvalue weighted by atomic mass is 9.65. The van der Waals surface area contributed by atoms with Crippen LogP contribution in [0.3, 0.4) is 0 Å². The maximum Gasteiger partial charge on any atom is 0.304 e. The van der Waals surface area contributed by atoms with Crippen LogP contribution in [-0.4, -0.2) is 45.4 Å². The van der Waals surface area contributed by atoms with Gasteiger partial charge in [0, 0.05) is 22.4 Å². The number of halogens is 1. The molecule has 1 saturated carbocycles. The summed E-state index contributed by atoms with van der Waals surface area (Å²) < 4.78 is 2.73. The minimum Gasteiger partial charge on any atom is -0.493 e. The van der Waals surface area contributed by atoms with Gasteiger partial charge in [0.15, 0.2) is 12.3 Å². The maximum atomic E-state index is 12.3. The number of carbonyl (C=O) groups is 1. The smallest absolute Gasteiger partial charge is 0.304 e. The Morgan fingerprint density at radius 1 is 1.27 bits per heavy atom. The van der Waals surface area contributed by atoms with Gasteiger partial charge >= 0.3 is 5.91 Å². The van der Waals surface area contributed by atoms with Crippen molar-refractivity contribution in [3.63, 3.8) is 0 Å². The minimum absolute atomic E-state index is 0.00277. The first-order chi connectivity index (χ1) is 17.5. The van der Waals surface area contributed by atoms with Gasteiger partial charge in [-0.1, -0.05) is 47.9 Å². The second-order valence-corrected chi connectivity index (χ2v) is 13.2. The van der Waals surface area contributed by atoms with Gasteiger partial charge in [-0.15, -0.1) is 21.6 Å². The molecule has 1 N–H and O–H groups in total. The first-order valence-electron chi connectivity index (χ1n) is 12.4. The normalized spacial score (nSPS) is 23.8.